The molecule has 0 bridgehead atoms. The topological polar surface area (TPSA) is 68.3 Å². The largest absolute Gasteiger partial charge is 0.455 e. The maximum absolute atomic E-state index is 11.8. The highest BCUT2D eigenvalue weighted by atomic mass is 127. The number of amides is 1. The Bertz CT molecular complexity index is 537. The maximum atomic E-state index is 11.8. The van der Waals surface area contributed by atoms with Crippen LogP contribution >= 0.6 is 22.6 Å². The molecule has 0 radical (unpaired) electrons. The van der Waals surface area contributed by atoms with E-state index in [9.17, 15) is 4.79 Å². The van der Waals surface area contributed by atoms with Crippen molar-refractivity contribution >= 4 is 34.2 Å². The second-order valence-electron chi connectivity index (χ2n) is 3.43. The van der Waals surface area contributed by atoms with Crippen LogP contribution in [0.4, 0.5) is 5.69 Å². The number of hydrogen-bond donors (Lipinski definition) is 2. The molecular formula is C12H11IN2O2. The third-order valence-corrected chi connectivity index (χ3v) is 2.84. The van der Waals surface area contributed by atoms with Crippen molar-refractivity contribution in [2.24, 2.45) is 5.73 Å². The normalized spacial score (nSPS) is 10.2. The van der Waals surface area contributed by atoms with Crippen LogP contribution in [0.2, 0.25) is 0 Å². The van der Waals surface area contributed by atoms with Gasteiger partial charge in [-0.05, 0) is 52.9 Å². The summed E-state index contributed by atoms with van der Waals surface area (Å²) in [6.45, 7) is 0.288. The molecule has 0 aliphatic rings. The molecule has 3 N–H and O–H groups in total. The molecule has 5 heteroatoms. The number of hydrogen-bond acceptors (Lipinski definition) is 3. The third-order valence-electron chi connectivity index (χ3n) is 2.17. The van der Waals surface area contributed by atoms with Gasteiger partial charge in [-0.25, -0.2) is 0 Å². The zero-order chi connectivity index (χ0) is 12.3. The predicted molar refractivity (Wildman–Crippen MR) is 73.7 cm³/mol. The molecule has 2 aromatic rings. The second kappa shape index (κ2) is 5.33. The number of nitrogens with two attached hydrogens (primary N) is 1. The summed E-state index contributed by atoms with van der Waals surface area (Å²) in [5.74, 6) is 0.591. The molecule has 2 rings (SSSR count). The van der Waals surface area contributed by atoms with Crippen LogP contribution in [0.15, 0.2) is 40.8 Å². The Morgan fingerprint density at radius 3 is 2.82 bits per heavy atom. The SMILES string of the molecule is NCc1ccc(C(=O)Nc2cccc(I)c2)o1. The summed E-state index contributed by atoms with van der Waals surface area (Å²) in [4.78, 5) is 11.8. The number of carbonyl (C=O) groups is 1. The highest BCUT2D eigenvalue weighted by molar-refractivity contribution is 14.1. The van der Waals surface area contributed by atoms with E-state index in [0.717, 1.165) is 9.26 Å². The first kappa shape index (κ1) is 12.1. The molecular weight excluding hydrogens is 331 g/mol. The summed E-state index contributed by atoms with van der Waals surface area (Å²) in [7, 11) is 0. The van der Waals surface area contributed by atoms with Gasteiger partial charge in [0.25, 0.3) is 5.91 Å². The van der Waals surface area contributed by atoms with Gasteiger partial charge in [-0.15, -0.1) is 0 Å². The lowest BCUT2D eigenvalue weighted by Gasteiger charge is -2.03. The van der Waals surface area contributed by atoms with E-state index in [1.165, 1.54) is 0 Å². The minimum atomic E-state index is -0.272. The van der Waals surface area contributed by atoms with Gasteiger partial charge in [0.05, 0.1) is 6.54 Å². The molecule has 0 aliphatic heterocycles. The second-order valence-corrected chi connectivity index (χ2v) is 4.68. The molecule has 0 atom stereocenters. The van der Waals surface area contributed by atoms with Crippen molar-refractivity contribution in [3.8, 4) is 0 Å². The van der Waals surface area contributed by atoms with Gasteiger partial charge in [-0.2, -0.15) is 0 Å². The number of carbonyl (C=O) groups excluding carboxylic acids is 1. The highest BCUT2D eigenvalue weighted by Crippen LogP contribution is 2.14. The van der Waals surface area contributed by atoms with Crippen molar-refractivity contribution in [2.45, 2.75) is 6.54 Å². The van der Waals surface area contributed by atoms with Gasteiger partial charge in [0.2, 0.25) is 0 Å². The molecule has 0 saturated heterocycles. The van der Waals surface area contributed by atoms with Crippen LogP contribution < -0.4 is 11.1 Å². The van der Waals surface area contributed by atoms with Crippen molar-refractivity contribution in [1.82, 2.24) is 0 Å². The number of nitrogens with one attached hydrogen (secondary N) is 1. The van der Waals surface area contributed by atoms with E-state index in [1.54, 1.807) is 12.1 Å². The molecule has 17 heavy (non-hydrogen) atoms. The fraction of sp³-hybridized carbons (Fsp3) is 0.0833. The molecule has 0 unspecified atom stereocenters. The fourth-order valence-electron chi connectivity index (χ4n) is 1.37. The first-order valence-corrected chi connectivity index (χ1v) is 6.12. The van der Waals surface area contributed by atoms with Crippen LogP contribution in [-0.4, -0.2) is 5.91 Å². The average Bonchev–Trinajstić information content (AvgIpc) is 2.77. The Kier molecular flexibility index (Phi) is 3.80. The summed E-state index contributed by atoms with van der Waals surface area (Å²) < 4.78 is 6.32. The van der Waals surface area contributed by atoms with Crippen LogP contribution in [0.3, 0.4) is 0 Å². The smallest absolute Gasteiger partial charge is 0.291 e. The predicted octanol–water partition coefficient (Wildman–Crippen LogP) is 2.60. The summed E-state index contributed by atoms with van der Waals surface area (Å²) in [5, 5.41) is 2.76. The lowest BCUT2D eigenvalue weighted by Crippen LogP contribution is -2.10. The van der Waals surface area contributed by atoms with Gasteiger partial charge in [0.1, 0.15) is 5.76 Å². The molecule has 88 valence electrons. The zero-order valence-electron chi connectivity index (χ0n) is 8.94. The summed E-state index contributed by atoms with van der Waals surface area (Å²) in [6, 6.07) is 10.9. The number of furan rings is 1. The monoisotopic (exact) mass is 342 g/mol. The lowest BCUT2D eigenvalue weighted by atomic mass is 10.3. The van der Waals surface area contributed by atoms with Gasteiger partial charge >= 0.3 is 0 Å². The van der Waals surface area contributed by atoms with Crippen LogP contribution in [-0.2, 0) is 6.54 Å². The van der Waals surface area contributed by atoms with Crippen LogP contribution in [0.1, 0.15) is 16.3 Å². The third kappa shape index (κ3) is 3.07. The summed E-state index contributed by atoms with van der Waals surface area (Å²) in [5.41, 5.74) is 6.15. The van der Waals surface area contributed by atoms with Crippen molar-refractivity contribution in [3.63, 3.8) is 0 Å². The molecule has 1 aromatic heterocycles. The zero-order valence-corrected chi connectivity index (χ0v) is 11.1. The van der Waals surface area contributed by atoms with E-state index < -0.39 is 0 Å². The summed E-state index contributed by atoms with van der Waals surface area (Å²) in [6.07, 6.45) is 0. The molecule has 1 aromatic carbocycles. The first-order valence-electron chi connectivity index (χ1n) is 5.05. The number of halogens is 1. The van der Waals surface area contributed by atoms with Crippen molar-refractivity contribution in [2.75, 3.05) is 5.32 Å². The van der Waals surface area contributed by atoms with E-state index in [4.69, 9.17) is 10.2 Å². The highest BCUT2D eigenvalue weighted by Gasteiger charge is 2.10. The minimum Gasteiger partial charge on any atom is -0.455 e. The standard InChI is InChI=1S/C12H11IN2O2/c13-8-2-1-3-9(6-8)15-12(16)11-5-4-10(7-14)17-11/h1-6H,7,14H2,(H,15,16). The molecule has 0 fully saturated rings. The van der Waals surface area contributed by atoms with Crippen molar-refractivity contribution < 1.29 is 9.21 Å². The van der Waals surface area contributed by atoms with E-state index in [2.05, 4.69) is 27.9 Å². The average molecular weight is 342 g/mol. The Morgan fingerprint density at radius 1 is 1.35 bits per heavy atom. The van der Waals surface area contributed by atoms with E-state index in [-0.39, 0.29) is 18.2 Å². The first-order chi connectivity index (χ1) is 8.19. The number of benzene rings is 1. The van der Waals surface area contributed by atoms with Gasteiger partial charge in [0.15, 0.2) is 5.76 Å². The quantitative estimate of drug-likeness (QED) is 0.843. The van der Waals surface area contributed by atoms with Crippen LogP contribution in [0.25, 0.3) is 0 Å². The molecule has 4 nitrogen and oxygen atoms in total. The van der Waals surface area contributed by atoms with Gasteiger partial charge < -0.3 is 15.5 Å². The number of rotatable bonds is 3. The number of anilines is 1. The van der Waals surface area contributed by atoms with E-state index in [0.29, 0.717) is 5.76 Å². The minimum absolute atomic E-state index is 0.268. The Morgan fingerprint density at radius 2 is 2.18 bits per heavy atom. The molecule has 1 heterocycles. The molecule has 0 spiro atoms. The van der Waals surface area contributed by atoms with E-state index in [1.807, 2.05) is 24.3 Å². The maximum Gasteiger partial charge on any atom is 0.291 e. The Labute approximate surface area is 112 Å². The molecule has 1 amide bonds. The Balaban J connectivity index is 2.11. The van der Waals surface area contributed by atoms with Gasteiger partial charge in [-0.1, -0.05) is 6.07 Å². The van der Waals surface area contributed by atoms with Crippen molar-refractivity contribution in [1.29, 1.82) is 0 Å². The molecule has 0 saturated carbocycles. The summed E-state index contributed by atoms with van der Waals surface area (Å²) >= 11 is 2.19. The fourth-order valence-corrected chi connectivity index (χ4v) is 1.91. The molecule has 0 aliphatic carbocycles. The lowest BCUT2D eigenvalue weighted by molar-refractivity contribution is 0.0995. The van der Waals surface area contributed by atoms with Gasteiger partial charge in [0, 0.05) is 9.26 Å². The van der Waals surface area contributed by atoms with Gasteiger partial charge in [-0.3, -0.25) is 4.79 Å². The van der Waals surface area contributed by atoms with Crippen molar-refractivity contribution in [3.05, 3.63) is 51.5 Å². The van der Waals surface area contributed by atoms with E-state index >= 15 is 0 Å². The van der Waals surface area contributed by atoms with Crippen LogP contribution in [0, 0.1) is 3.57 Å². The Hall–Kier alpha value is -1.34. The van der Waals surface area contributed by atoms with Crippen LogP contribution in [0.5, 0.6) is 0 Å².